The van der Waals surface area contributed by atoms with E-state index in [1.54, 1.807) is 19.1 Å². The molecule has 0 aliphatic rings. The van der Waals surface area contributed by atoms with Crippen LogP contribution in [0.1, 0.15) is 17.3 Å². The predicted molar refractivity (Wildman–Crippen MR) is 67.4 cm³/mol. The molecule has 1 aromatic rings. The van der Waals surface area contributed by atoms with E-state index in [-0.39, 0.29) is 13.2 Å². The molecule has 1 rings (SSSR count). The highest BCUT2D eigenvalue weighted by Crippen LogP contribution is 2.22. The molecule has 0 saturated carbocycles. The maximum Gasteiger partial charge on any atom is 0.251 e. The molecule has 0 aromatic heterocycles. The topological polar surface area (TPSA) is 105 Å². The molecule has 5 N–H and O–H groups in total. The molecule has 0 aliphatic heterocycles. The molecule has 0 bridgehead atoms. The summed E-state index contributed by atoms with van der Waals surface area (Å²) in [6.07, 6.45) is 0. The molecule has 0 atom stereocenters. The Hall–Kier alpha value is -1.79. The second kappa shape index (κ2) is 5.70. The Morgan fingerprint density at radius 3 is 2.56 bits per heavy atom. The second-order valence-electron chi connectivity index (χ2n) is 4.29. The van der Waals surface area contributed by atoms with Gasteiger partial charge in [0.15, 0.2) is 0 Å². The van der Waals surface area contributed by atoms with Crippen molar-refractivity contribution in [2.24, 2.45) is 0 Å². The van der Waals surface area contributed by atoms with Gasteiger partial charge in [-0.05, 0) is 25.1 Å². The van der Waals surface area contributed by atoms with Crippen molar-refractivity contribution >= 4 is 11.6 Å². The highest BCUT2D eigenvalue weighted by molar-refractivity contribution is 5.95. The van der Waals surface area contributed by atoms with Crippen LogP contribution in [0, 0.1) is 0 Å². The Bertz CT molecular complexity index is 430. The van der Waals surface area contributed by atoms with Crippen LogP contribution in [-0.4, -0.2) is 42.0 Å². The van der Waals surface area contributed by atoms with Crippen molar-refractivity contribution < 1.29 is 19.7 Å². The number of benzene rings is 1. The highest BCUT2D eigenvalue weighted by atomic mass is 16.5. The van der Waals surface area contributed by atoms with Crippen LogP contribution in [0.3, 0.4) is 0 Å². The summed E-state index contributed by atoms with van der Waals surface area (Å²) in [5.74, 6) is -0.0174. The molecule has 0 spiro atoms. The van der Waals surface area contributed by atoms with E-state index in [9.17, 15) is 4.79 Å². The van der Waals surface area contributed by atoms with Crippen LogP contribution in [0.4, 0.5) is 5.69 Å². The van der Waals surface area contributed by atoms with Gasteiger partial charge >= 0.3 is 0 Å². The Labute approximate surface area is 105 Å². The van der Waals surface area contributed by atoms with Gasteiger partial charge in [0.2, 0.25) is 0 Å². The molecule has 0 radical (unpaired) electrons. The first-order chi connectivity index (χ1) is 8.45. The second-order valence-corrected chi connectivity index (χ2v) is 4.29. The number of aliphatic hydroxyl groups excluding tert-OH is 2. The van der Waals surface area contributed by atoms with Gasteiger partial charge in [-0.2, -0.15) is 0 Å². The van der Waals surface area contributed by atoms with Crippen molar-refractivity contribution in [3.63, 3.8) is 0 Å². The average molecular weight is 254 g/mol. The lowest BCUT2D eigenvalue weighted by Gasteiger charge is -2.26. The number of nitrogens with one attached hydrogen (secondary N) is 1. The fraction of sp³-hybridized carbons (Fsp3) is 0.417. The van der Waals surface area contributed by atoms with Crippen LogP contribution in [-0.2, 0) is 0 Å². The zero-order chi connectivity index (χ0) is 13.8. The van der Waals surface area contributed by atoms with E-state index in [0.717, 1.165) is 0 Å². The Kier molecular flexibility index (Phi) is 4.52. The van der Waals surface area contributed by atoms with E-state index < -0.39 is 11.4 Å². The molecule has 6 heteroatoms. The number of nitrogens with two attached hydrogens (primary N) is 1. The van der Waals surface area contributed by atoms with Crippen LogP contribution in [0.5, 0.6) is 5.75 Å². The molecule has 0 fully saturated rings. The average Bonchev–Trinajstić information content (AvgIpc) is 2.39. The number of ether oxygens (including phenoxy) is 1. The van der Waals surface area contributed by atoms with Gasteiger partial charge in [-0.15, -0.1) is 0 Å². The summed E-state index contributed by atoms with van der Waals surface area (Å²) in [6.45, 7) is 0.822. The maximum absolute atomic E-state index is 11.9. The number of hydrogen-bond acceptors (Lipinski definition) is 5. The van der Waals surface area contributed by atoms with E-state index in [0.29, 0.717) is 17.0 Å². The van der Waals surface area contributed by atoms with Gasteiger partial charge < -0.3 is 26.0 Å². The fourth-order valence-corrected chi connectivity index (χ4v) is 1.33. The summed E-state index contributed by atoms with van der Waals surface area (Å²) < 4.78 is 5.01. The first-order valence-corrected chi connectivity index (χ1v) is 5.43. The quantitative estimate of drug-likeness (QED) is 0.542. The van der Waals surface area contributed by atoms with Gasteiger partial charge in [0.25, 0.3) is 5.91 Å². The molecule has 0 unspecified atom stereocenters. The number of carbonyl (C=O) groups is 1. The molecule has 100 valence electrons. The fourth-order valence-electron chi connectivity index (χ4n) is 1.33. The zero-order valence-corrected chi connectivity index (χ0v) is 10.4. The monoisotopic (exact) mass is 254 g/mol. The summed E-state index contributed by atoms with van der Waals surface area (Å²) in [4.78, 5) is 11.9. The maximum atomic E-state index is 11.9. The predicted octanol–water partition coefficient (Wildman–Crippen LogP) is -0.250. The zero-order valence-electron chi connectivity index (χ0n) is 10.4. The minimum absolute atomic E-state index is 0.342. The SMILES string of the molecule is COc1cc(C(=O)NC(C)(CO)CO)ccc1N. The van der Waals surface area contributed by atoms with Gasteiger partial charge in [-0.1, -0.05) is 0 Å². The van der Waals surface area contributed by atoms with Crippen LogP contribution in [0.2, 0.25) is 0 Å². The Balaban J connectivity index is 2.91. The standard InChI is InChI=1S/C12H18N2O4/c1-12(6-15,7-16)14-11(17)8-3-4-9(13)10(5-8)18-2/h3-5,15-16H,6-7,13H2,1-2H3,(H,14,17). The van der Waals surface area contributed by atoms with E-state index in [1.165, 1.54) is 13.2 Å². The minimum Gasteiger partial charge on any atom is -0.495 e. The number of rotatable bonds is 5. The first-order valence-electron chi connectivity index (χ1n) is 5.43. The molecule has 0 heterocycles. The van der Waals surface area contributed by atoms with Crippen molar-refractivity contribution in [1.82, 2.24) is 5.32 Å². The number of anilines is 1. The van der Waals surface area contributed by atoms with Crippen molar-refractivity contribution in [2.45, 2.75) is 12.5 Å². The molecule has 1 amide bonds. The summed E-state index contributed by atoms with van der Waals surface area (Å²) in [5.41, 5.74) is 5.35. The summed E-state index contributed by atoms with van der Waals surface area (Å²) >= 11 is 0. The number of nitrogen functional groups attached to an aromatic ring is 1. The van der Waals surface area contributed by atoms with Crippen LogP contribution in [0.15, 0.2) is 18.2 Å². The van der Waals surface area contributed by atoms with E-state index in [2.05, 4.69) is 5.32 Å². The molecular formula is C12H18N2O4. The van der Waals surface area contributed by atoms with Gasteiger partial charge in [0.05, 0.1) is 31.5 Å². The van der Waals surface area contributed by atoms with Crippen molar-refractivity contribution in [2.75, 3.05) is 26.1 Å². The first kappa shape index (κ1) is 14.3. The summed E-state index contributed by atoms with van der Waals surface area (Å²) in [5, 5.41) is 20.8. The van der Waals surface area contributed by atoms with Gasteiger partial charge in [-0.3, -0.25) is 4.79 Å². The minimum atomic E-state index is -1.06. The van der Waals surface area contributed by atoms with Gasteiger partial charge in [-0.25, -0.2) is 0 Å². The molecule has 0 aliphatic carbocycles. The summed E-state index contributed by atoms with van der Waals surface area (Å²) in [7, 11) is 1.46. The lowest BCUT2D eigenvalue weighted by atomic mass is 10.0. The van der Waals surface area contributed by atoms with Crippen molar-refractivity contribution in [3.8, 4) is 5.75 Å². The number of methoxy groups -OCH3 is 1. The van der Waals surface area contributed by atoms with Gasteiger partial charge in [0.1, 0.15) is 5.75 Å². The van der Waals surface area contributed by atoms with E-state index >= 15 is 0 Å². The Morgan fingerprint density at radius 2 is 2.06 bits per heavy atom. The van der Waals surface area contributed by atoms with Gasteiger partial charge in [0, 0.05) is 5.56 Å². The van der Waals surface area contributed by atoms with Crippen LogP contribution in [0.25, 0.3) is 0 Å². The third kappa shape index (κ3) is 3.12. The van der Waals surface area contributed by atoms with E-state index in [1.807, 2.05) is 0 Å². The normalized spacial score (nSPS) is 11.1. The lowest BCUT2D eigenvalue weighted by molar-refractivity contribution is 0.0723. The van der Waals surface area contributed by atoms with Crippen LogP contribution >= 0.6 is 0 Å². The molecule has 1 aromatic carbocycles. The number of hydrogen-bond donors (Lipinski definition) is 4. The number of carbonyl (C=O) groups excluding carboxylic acids is 1. The third-order valence-electron chi connectivity index (χ3n) is 2.61. The lowest BCUT2D eigenvalue weighted by Crippen LogP contribution is -2.51. The smallest absolute Gasteiger partial charge is 0.251 e. The molecular weight excluding hydrogens is 236 g/mol. The molecule has 18 heavy (non-hydrogen) atoms. The van der Waals surface area contributed by atoms with Crippen molar-refractivity contribution in [1.29, 1.82) is 0 Å². The summed E-state index contributed by atoms with van der Waals surface area (Å²) in [6, 6.07) is 4.60. The molecule has 0 saturated heterocycles. The van der Waals surface area contributed by atoms with Crippen LogP contribution < -0.4 is 15.8 Å². The molecule has 6 nitrogen and oxygen atoms in total. The van der Waals surface area contributed by atoms with E-state index in [4.69, 9.17) is 20.7 Å². The Morgan fingerprint density at radius 1 is 1.44 bits per heavy atom. The van der Waals surface area contributed by atoms with Crippen molar-refractivity contribution in [3.05, 3.63) is 23.8 Å². The largest absolute Gasteiger partial charge is 0.495 e. The highest BCUT2D eigenvalue weighted by Gasteiger charge is 2.25. The number of amides is 1. The number of aliphatic hydroxyl groups is 2. The third-order valence-corrected chi connectivity index (χ3v) is 2.61.